The van der Waals surface area contributed by atoms with Crippen LogP contribution in [0.4, 0.5) is 5.00 Å². The molecule has 0 bridgehead atoms. The van der Waals surface area contributed by atoms with Gasteiger partial charge >= 0.3 is 11.9 Å². The van der Waals surface area contributed by atoms with Crippen molar-refractivity contribution in [3.63, 3.8) is 0 Å². The fourth-order valence-corrected chi connectivity index (χ4v) is 3.59. The number of aryl methyl sites for hydroxylation is 3. The SMILES string of the molecule is COC(=O)c1c(NC(=O)COC(=O)CCc2c(C)noc2C)sc(C)c1C. The summed E-state index contributed by atoms with van der Waals surface area (Å²) in [6.45, 7) is 6.77. The summed E-state index contributed by atoms with van der Waals surface area (Å²) < 4.78 is 14.8. The number of esters is 2. The second-order valence-corrected chi connectivity index (χ2v) is 7.22. The average Bonchev–Trinajstić information content (AvgIpc) is 3.09. The number of hydrogen-bond donors (Lipinski definition) is 1. The van der Waals surface area contributed by atoms with Crippen molar-refractivity contribution in [2.45, 2.75) is 40.5 Å². The zero-order valence-corrected chi connectivity index (χ0v) is 16.7. The van der Waals surface area contributed by atoms with Gasteiger partial charge in [0, 0.05) is 16.9 Å². The molecule has 1 amide bonds. The molecule has 0 spiro atoms. The molecule has 2 rings (SSSR count). The summed E-state index contributed by atoms with van der Waals surface area (Å²) in [7, 11) is 1.28. The van der Waals surface area contributed by atoms with Crippen LogP contribution in [0.1, 0.15) is 44.2 Å². The van der Waals surface area contributed by atoms with Gasteiger partial charge in [-0.15, -0.1) is 11.3 Å². The van der Waals surface area contributed by atoms with Gasteiger partial charge in [-0.1, -0.05) is 5.16 Å². The smallest absolute Gasteiger partial charge is 0.341 e. The number of nitrogens with zero attached hydrogens (tertiary/aromatic N) is 1. The maximum absolute atomic E-state index is 12.1. The highest BCUT2D eigenvalue weighted by Crippen LogP contribution is 2.32. The van der Waals surface area contributed by atoms with Crippen LogP contribution in [0, 0.1) is 27.7 Å². The summed E-state index contributed by atoms with van der Waals surface area (Å²) in [6, 6.07) is 0. The van der Waals surface area contributed by atoms with Crippen molar-refractivity contribution in [1.82, 2.24) is 5.16 Å². The van der Waals surface area contributed by atoms with E-state index in [9.17, 15) is 14.4 Å². The summed E-state index contributed by atoms with van der Waals surface area (Å²) >= 11 is 1.27. The van der Waals surface area contributed by atoms with E-state index in [1.165, 1.54) is 18.4 Å². The van der Waals surface area contributed by atoms with E-state index in [1.54, 1.807) is 20.8 Å². The van der Waals surface area contributed by atoms with E-state index in [0.29, 0.717) is 22.7 Å². The minimum Gasteiger partial charge on any atom is -0.465 e. The highest BCUT2D eigenvalue weighted by atomic mass is 32.1. The Kier molecular flexibility index (Phi) is 6.73. The Bertz CT molecular complexity index is 848. The van der Waals surface area contributed by atoms with Gasteiger partial charge < -0.3 is 19.3 Å². The lowest BCUT2D eigenvalue weighted by Gasteiger charge is -2.07. The molecule has 0 saturated heterocycles. The lowest BCUT2D eigenvalue weighted by atomic mass is 10.1. The lowest BCUT2D eigenvalue weighted by Crippen LogP contribution is -2.21. The Labute approximate surface area is 160 Å². The first-order valence-corrected chi connectivity index (χ1v) is 9.11. The predicted octanol–water partition coefficient (Wildman–Crippen LogP) is 2.87. The molecule has 27 heavy (non-hydrogen) atoms. The number of carbonyl (C=O) groups excluding carboxylic acids is 3. The Morgan fingerprint density at radius 1 is 1.19 bits per heavy atom. The van der Waals surface area contributed by atoms with E-state index in [0.717, 1.165) is 21.7 Å². The molecule has 0 aliphatic heterocycles. The molecule has 0 atom stereocenters. The first-order valence-electron chi connectivity index (χ1n) is 8.30. The number of methoxy groups -OCH3 is 1. The third kappa shape index (κ3) is 4.94. The van der Waals surface area contributed by atoms with Crippen molar-refractivity contribution in [2.24, 2.45) is 0 Å². The van der Waals surface area contributed by atoms with Gasteiger partial charge in [0.2, 0.25) is 0 Å². The van der Waals surface area contributed by atoms with E-state index in [-0.39, 0.29) is 6.42 Å². The van der Waals surface area contributed by atoms with E-state index in [4.69, 9.17) is 14.0 Å². The van der Waals surface area contributed by atoms with Crippen LogP contribution < -0.4 is 5.32 Å². The van der Waals surface area contributed by atoms with Gasteiger partial charge in [-0.25, -0.2) is 4.79 Å². The molecule has 2 heterocycles. The molecule has 0 fully saturated rings. The van der Waals surface area contributed by atoms with Crippen LogP contribution in [0.2, 0.25) is 0 Å². The second-order valence-electron chi connectivity index (χ2n) is 5.99. The van der Waals surface area contributed by atoms with Gasteiger partial charge in [0.05, 0.1) is 18.4 Å². The Balaban J connectivity index is 1.88. The molecule has 9 heteroatoms. The molecule has 0 aliphatic rings. The van der Waals surface area contributed by atoms with Crippen molar-refractivity contribution in [1.29, 1.82) is 0 Å². The zero-order chi connectivity index (χ0) is 20.1. The Morgan fingerprint density at radius 3 is 2.48 bits per heavy atom. The van der Waals surface area contributed by atoms with Crippen molar-refractivity contribution in [3.8, 4) is 0 Å². The maximum Gasteiger partial charge on any atom is 0.341 e. The summed E-state index contributed by atoms with van der Waals surface area (Å²) in [5, 5.41) is 6.82. The summed E-state index contributed by atoms with van der Waals surface area (Å²) in [4.78, 5) is 36.8. The van der Waals surface area contributed by atoms with Gasteiger partial charge in [0.1, 0.15) is 10.8 Å². The maximum atomic E-state index is 12.1. The molecule has 2 aromatic heterocycles. The first-order chi connectivity index (χ1) is 12.7. The minimum atomic E-state index is -0.524. The first kappa shape index (κ1) is 20.6. The van der Waals surface area contributed by atoms with Crippen molar-refractivity contribution in [3.05, 3.63) is 33.0 Å². The van der Waals surface area contributed by atoms with Gasteiger partial charge in [-0.3, -0.25) is 9.59 Å². The summed E-state index contributed by atoms with van der Waals surface area (Å²) in [5.41, 5.74) is 2.66. The third-order valence-corrected chi connectivity index (χ3v) is 5.28. The van der Waals surface area contributed by atoms with Gasteiger partial charge in [-0.05, 0) is 39.7 Å². The number of aromatic nitrogens is 1. The molecule has 0 unspecified atom stereocenters. The van der Waals surface area contributed by atoms with Crippen LogP contribution in [0.5, 0.6) is 0 Å². The van der Waals surface area contributed by atoms with Gasteiger partial charge in [0.25, 0.3) is 5.91 Å². The van der Waals surface area contributed by atoms with E-state index in [1.807, 2.05) is 6.92 Å². The molecule has 0 aromatic carbocycles. The predicted molar refractivity (Wildman–Crippen MR) is 99.0 cm³/mol. The van der Waals surface area contributed by atoms with Crippen LogP contribution in [0.3, 0.4) is 0 Å². The van der Waals surface area contributed by atoms with Crippen molar-refractivity contribution < 1.29 is 28.4 Å². The van der Waals surface area contributed by atoms with E-state index >= 15 is 0 Å². The van der Waals surface area contributed by atoms with Gasteiger partial charge in [-0.2, -0.15) is 0 Å². The van der Waals surface area contributed by atoms with E-state index in [2.05, 4.69) is 10.5 Å². The second kappa shape index (κ2) is 8.81. The number of nitrogens with one attached hydrogen (secondary N) is 1. The summed E-state index contributed by atoms with van der Waals surface area (Å²) in [6.07, 6.45) is 0.540. The number of anilines is 1. The highest BCUT2D eigenvalue weighted by molar-refractivity contribution is 7.16. The van der Waals surface area contributed by atoms with E-state index < -0.39 is 24.5 Å². The standard InChI is InChI=1S/C18H22N2O6S/c1-9-12(4)27-17(16(9)18(23)24-5)19-14(21)8-25-15(22)7-6-13-10(2)20-26-11(13)3/h6-8H2,1-5H3,(H,19,21). The topological polar surface area (TPSA) is 108 Å². The molecule has 0 radical (unpaired) electrons. The average molecular weight is 394 g/mol. The number of hydrogen-bond acceptors (Lipinski definition) is 8. The Morgan fingerprint density at radius 2 is 1.89 bits per heavy atom. The molecule has 0 aliphatic carbocycles. The minimum absolute atomic E-state index is 0.112. The molecular formula is C18H22N2O6S. The molecule has 1 N–H and O–H groups in total. The monoisotopic (exact) mass is 394 g/mol. The number of amides is 1. The molecular weight excluding hydrogens is 372 g/mol. The summed E-state index contributed by atoms with van der Waals surface area (Å²) in [5.74, 6) is -0.885. The Hall–Kier alpha value is -2.68. The highest BCUT2D eigenvalue weighted by Gasteiger charge is 2.22. The van der Waals surface area contributed by atoms with Gasteiger partial charge in [0.15, 0.2) is 6.61 Å². The lowest BCUT2D eigenvalue weighted by molar-refractivity contribution is -0.147. The fraction of sp³-hybridized carbons (Fsp3) is 0.444. The van der Waals surface area contributed by atoms with Crippen molar-refractivity contribution >= 4 is 34.2 Å². The number of thiophene rings is 1. The van der Waals surface area contributed by atoms with Crippen LogP contribution in [-0.4, -0.2) is 36.7 Å². The number of carbonyl (C=O) groups is 3. The van der Waals surface area contributed by atoms with Crippen molar-refractivity contribution in [2.75, 3.05) is 19.0 Å². The molecule has 8 nitrogen and oxygen atoms in total. The van der Waals surface area contributed by atoms with Crippen LogP contribution in [0.15, 0.2) is 4.52 Å². The zero-order valence-electron chi connectivity index (χ0n) is 15.9. The van der Waals surface area contributed by atoms with Crippen LogP contribution in [0.25, 0.3) is 0 Å². The number of rotatable bonds is 7. The number of ether oxygens (including phenoxy) is 2. The van der Waals surface area contributed by atoms with Crippen LogP contribution in [-0.2, 0) is 25.5 Å². The molecule has 0 saturated carbocycles. The third-order valence-electron chi connectivity index (χ3n) is 4.15. The fourth-order valence-electron chi connectivity index (χ4n) is 2.53. The largest absolute Gasteiger partial charge is 0.465 e. The quantitative estimate of drug-likeness (QED) is 0.719. The molecule has 2 aromatic rings. The van der Waals surface area contributed by atoms with Crippen LogP contribution >= 0.6 is 11.3 Å². The molecule has 146 valence electrons. The normalized spacial score (nSPS) is 10.6.